The van der Waals surface area contributed by atoms with Gasteiger partial charge in [0.25, 0.3) is 0 Å². The first kappa shape index (κ1) is 13.1. The van der Waals surface area contributed by atoms with Crippen LogP contribution in [0.5, 0.6) is 0 Å². The minimum Gasteiger partial charge on any atom is -0.370 e. The Hall–Kier alpha value is -0.370. The predicted molar refractivity (Wildman–Crippen MR) is 69.0 cm³/mol. The van der Waals surface area contributed by atoms with Crippen molar-refractivity contribution in [3.63, 3.8) is 0 Å². The lowest BCUT2D eigenvalue weighted by Gasteiger charge is -2.38. The lowest BCUT2D eigenvalue weighted by Crippen LogP contribution is -2.45. The number of Topliss-reactive ketones (excluding diaryl/α,β-unsaturated/α-hetero) is 1. The van der Waals surface area contributed by atoms with E-state index in [2.05, 4.69) is 6.92 Å². The largest absolute Gasteiger partial charge is 0.370 e. The number of rotatable bonds is 4. The van der Waals surface area contributed by atoms with E-state index in [-0.39, 0.29) is 0 Å². The minimum absolute atomic E-state index is 0.387. The van der Waals surface area contributed by atoms with Crippen molar-refractivity contribution in [3.8, 4) is 0 Å². The quantitative estimate of drug-likeness (QED) is 0.746. The maximum atomic E-state index is 12.5. The molecule has 2 saturated carbocycles. The molecule has 0 amide bonds. The maximum absolute atomic E-state index is 12.5. The normalized spacial score (nSPS) is 35.1. The summed E-state index contributed by atoms with van der Waals surface area (Å²) in [5.74, 6) is 1.67. The van der Waals surface area contributed by atoms with Gasteiger partial charge in [0, 0.05) is 13.5 Å². The third-order valence-corrected chi connectivity index (χ3v) is 4.80. The van der Waals surface area contributed by atoms with Gasteiger partial charge < -0.3 is 4.74 Å². The van der Waals surface area contributed by atoms with Crippen molar-refractivity contribution in [2.24, 2.45) is 11.8 Å². The molecule has 0 bridgehead atoms. The van der Waals surface area contributed by atoms with E-state index in [4.69, 9.17) is 4.74 Å². The Kier molecular flexibility index (Phi) is 4.24. The van der Waals surface area contributed by atoms with E-state index in [1.54, 1.807) is 7.11 Å². The summed E-state index contributed by atoms with van der Waals surface area (Å²) in [6, 6.07) is 0. The molecule has 0 aromatic carbocycles. The van der Waals surface area contributed by atoms with Crippen LogP contribution in [0.4, 0.5) is 0 Å². The zero-order valence-electron chi connectivity index (χ0n) is 11.3. The van der Waals surface area contributed by atoms with Crippen molar-refractivity contribution in [1.82, 2.24) is 0 Å². The molecule has 2 atom stereocenters. The number of ketones is 1. The molecule has 0 N–H and O–H groups in total. The Morgan fingerprint density at radius 2 is 1.94 bits per heavy atom. The van der Waals surface area contributed by atoms with Crippen LogP contribution >= 0.6 is 0 Å². The molecule has 0 heterocycles. The van der Waals surface area contributed by atoms with E-state index < -0.39 is 5.60 Å². The van der Waals surface area contributed by atoms with E-state index in [0.29, 0.717) is 17.6 Å². The Morgan fingerprint density at radius 3 is 2.53 bits per heavy atom. The molecule has 2 nitrogen and oxygen atoms in total. The molecule has 0 spiro atoms. The predicted octanol–water partition coefficient (Wildman–Crippen LogP) is 3.73. The molecule has 0 aromatic rings. The minimum atomic E-state index is -0.430. The van der Waals surface area contributed by atoms with Crippen LogP contribution in [-0.2, 0) is 9.53 Å². The van der Waals surface area contributed by atoms with Crippen LogP contribution in [0.1, 0.15) is 64.7 Å². The van der Waals surface area contributed by atoms with Crippen molar-refractivity contribution in [1.29, 1.82) is 0 Å². The van der Waals surface area contributed by atoms with Crippen LogP contribution in [0.25, 0.3) is 0 Å². The van der Waals surface area contributed by atoms with Gasteiger partial charge in [0.15, 0.2) is 5.78 Å². The van der Waals surface area contributed by atoms with E-state index >= 15 is 0 Å². The standard InChI is InChI=1S/C15H26O2/c1-12-6-5-9-15(11-12,17-2)14(16)10-13-7-3-4-8-13/h12-13H,3-11H2,1-2H3. The zero-order valence-corrected chi connectivity index (χ0v) is 11.3. The number of methoxy groups -OCH3 is 1. The molecule has 0 aromatic heterocycles. The topological polar surface area (TPSA) is 26.3 Å². The second-order valence-electron chi connectivity index (χ2n) is 6.18. The Bertz CT molecular complexity index is 268. The lowest BCUT2D eigenvalue weighted by molar-refractivity contribution is -0.148. The van der Waals surface area contributed by atoms with Crippen molar-refractivity contribution >= 4 is 5.78 Å². The van der Waals surface area contributed by atoms with Gasteiger partial charge in [0.2, 0.25) is 0 Å². The third kappa shape index (κ3) is 2.90. The van der Waals surface area contributed by atoms with Gasteiger partial charge in [0.05, 0.1) is 0 Å². The molecular formula is C15H26O2. The zero-order chi connectivity index (χ0) is 12.3. The van der Waals surface area contributed by atoms with Crippen LogP contribution in [0.3, 0.4) is 0 Å². The molecule has 2 rings (SSSR count). The fraction of sp³-hybridized carbons (Fsp3) is 0.933. The molecule has 17 heavy (non-hydrogen) atoms. The van der Waals surface area contributed by atoms with Crippen LogP contribution in [0.15, 0.2) is 0 Å². The second kappa shape index (κ2) is 5.51. The van der Waals surface area contributed by atoms with E-state index in [1.165, 1.54) is 32.1 Å². The molecule has 0 saturated heterocycles. The maximum Gasteiger partial charge on any atom is 0.164 e. The van der Waals surface area contributed by atoms with Crippen molar-refractivity contribution in [2.75, 3.05) is 7.11 Å². The van der Waals surface area contributed by atoms with E-state index in [9.17, 15) is 4.79 Å². The summed E-state index contributed by atoms with van der Waals surface area (Å²) in [7, 11) is 1.73. The van der Waals surface area contributed by atoms with Gasteiger partial charge in [-0.2, -0.15) is 0 Å². The van der Waals surface area contributed by atoms with E-state index in [1.807, 2.05) is 0 Å². The number of carbonyl (C=O) groups excluding carboxylic acids is 1. The number of ether oxygens (including phenoxy) is 1. The fourth-order valence-electron chi connectivity index (χ4n) is 3.72. The average molecular weight is 238 g/mol. The first-order valence-corrected chi connectivity index (χ1v) is 7.25. The highest BCUT2D eigenvalue weighted by molar-refractivity contribution is 5.87. The molecule has 2 aliphatic carbocycles. The van der Waals surface area contributed by atoms with Crippen LogP contribution in [0.2, 0.25) is 0 Å². The monoisotopic (exact) mass is 238 g/mol. The summed E-state index contributed by atoms with van der Waals surface area (Å²) < 4.78 is 5.67. The Labute approximate surface area is 105 Å². The van der Waals surface area contributed by atoms with Crippen molar-refractivity contribution < 1.29 is 9.53 Å². The van der Waals surface area contributed by atoms with Gasteiger partial charge in [-0.1, -0.05) is 39.0 Å². The van der Waals surface area contributed by atoms with Gasteiger partial charge in [-0.3, -0.25) is 4.79 Å². The summed E-state index contributed by atoms with van der Waals surface area (Å²) in [4.78, 5) is 12.5. The van der Waals surface area contributed by atoms with Crippen LogP contribution in [0, 0.1) is 11.8 Å². The highest BCUT2D eigenvalue weighted by atomic mass is 16.5. The molecule has 0 radical (unpaired) electrons. The van der Waals surface area contributed by atoms with Gasteiger partial charge in [0.1, 0.15) is 5.60 Å². The fourth-order valence-corrected chi connectivity index (χ4v) is 3.72. The highest BCUT2D eigenvalue weighted by Gasteiger charge is 2.42. The van der Waals surface area contributed by atoms with Crippen LogP contribution < -0.4 is 0 Å². The van der Waals surface area contributed by atoms with E-state index in [0.717, 1.165) is 25.7 Å². The number of hydrogen-bond acceptors (Lipinski definition) is 2. The second-order valence-corrected chi connectivity index (χ2v) is 6.18. The molecule has 2 heteroatoms. The van der Waals surface area contributed by atoms with Crippen molar-refractivity contribution in [2.45, 2.75) is 70.3 Å². The molecular weight excluding hydrogens is 212 g/mol. The summed E-state index contributed by atoms with van der Waals surface area (Å²) in [5.41, 5.74) is -0.430. The summed E-state index contributed by atoms with van der Waals surface area (Å²) in [5, 5.41) is 0. The smallest absolute Gasteiger partial charge is 0.164 e. The van der Waals surface area contributed by atoms with Gasteiger partial charge in [-0.25, -0.2) is 0 Å². The number of carbonyl (C=O) groups is 1. The summed E-state index contributed by atoms with van der Waals surface area (Å²) >= 11 is 0. The summed E-state index contributed by atoms with van der Waals surface area (Å²) in [6.07, 6.45) is 10.2. The molecule has 2 unspecified atom stereocenters. The molecule has 2 fully saturated rings. The van der Waals surface area contributed by atoms with Gasteiger partial charge in [-0.05, 0) is 31.1 Å². The molecule has 98 valence electrons. The van der Waals surface area contributed by atoms with Crippen molar-refractivity contribution in [3.05, 3.63) is 0 Å². The molecule has 0 aliphatic heterocycles. The third-order valence-electron chi connectivity index (χ3n) is 4.80. The highest BCUT2D eigenvalue weighted by Crippen LogP contribution is 2.38. The number of hydrogen-bond donors (Lipinski definition) is 0. The molecule has 2 aliphatic rings. The van der Waals surface area contributed by atoms with Gasteiger partial charge >= 0.3 is 0 Å². The SMILES string of the molecule is COC1(C(=O)CC2CCCC2)CCCC(C)C1. The van der Waals surface area contributed by atoms with Gasteiger partial charge in [-0.15, -0.1) is 0 Å². The summed E-state index contributed by atoms with van der Waals surface area (Å²) in [6.45, 7) is 2.25. The Balaban J connectivity index is 1.98. The Morgan fingerprint density at radius 1 is 1.24 bits per heavy atom. The van der Waals surface area contributed by atoms with Crippen LogP contribution in [-0.4, -0.2) is 18.5 Å². The average Bonchev–Trinajstić information content (AvgIpc) is 2.81. The lowest BCUT2D eigenvalue weighted by atomic mass is 9.74. The first-order valence-electron chi connectivity index (χ1n) is 7.25. The first-order chi connectivity index (χ1) is 8.16.